The molecule has 0 spiro atoms. The molecule has 1 fully saturated rings. The van der Waals surface area contributed by atoms with Crippen molar-refractivity contribution in [3.8, 4) is 11.4 Å². The van der Waals surface area contributed by atoms with E-state index in [9.17, 15) is 0 Å². The summed E-state index contributed by atoms with van der Waals surface area (Å²) in [5.41, 5.74) is 0.984. The number of aromatic nitrogens is 2. The lowest BCUT2D eigenvalue weighted by Gasteiger charge is -2.41. The SMILES string of the molecule is COCCN1CCN([C@H](C)c2nc(-c3ccccc3)no2)C[C@@H]1C. The lowest BCUT2D eigenvalue weighted by molar-refractivity contribution is 0.0349. The lowest BCUT2D eigenvalue weighted by atomic mass is 10.1. The second kappa shape index (κ2) is 7.88. The molecule has 0 amide bonds. The second-order valence-electron chi connectivity index (χ2n) is 6.37. The summed E-state index contributed by atoms with van der Waals surface area (Å²) in [6.45, 7) is 9.20. The Kier molecular flexibility index (Phi) is 5.60. The molecule has 1 aliphatic heterocycles. The molecule has 24 heavy (non-hydrogen) atoms. The average Bonchev–Trinajstić information content (AvgIpc) is 3.11. The molecule has 0 aliphatic carbocycles. The van der Waals surface area contributed by atoms with Crippen molar-refractivity contribution in [1.82, 2.24) is 19.9 Å². The van der Waals surface area contributed by atoms with Crippen molar-refractivity contribution in [2.75, 3.05) is 39.9 Å². The number of hydrogen-bond acceptors (Lipinski definition) is 6. The number of benzene rings is 1. The molecule has 1 aromatic heterocycles. The first-order chi connectivity index (χ1) is 11.7. The van der Waals surface area contributed by atoms with Gasteiger partial charge in [-0.3, -0.25) is 9.80 Å². The van der Waals surface area contributed by atoms with Crippen LogP contribution < -0.4 is 0 Å². The van der Waals surface area contributed by atoms with Crippen LogP contribution in [0.15, 0.2) is 34.9 Å². The zero-order valence-electron chi connectivity index (χ0n) is 14.7. The number of piperazine rings is 1. The molecule has 0 N–H and O–H groups in total. The Morgan fingerprint density at radius 1 is 1.29 bits per heavy atom. The molecule has 0 unspecified atom stereocenters. The van der Waals surface area contributed by atoms with E-state index in [4.69, 9.17) is 9.26 Å². The van der Waals surface area contributed by atoms with E-state index in [1.54, 1.807) is 7.11 Å². The third-order valence-electron chi connectivity index (χ3n) is 4.76. The summed E-state index contributed by atoms with van der Waals surface area (Å²) in [6.07, 6.45) is 0. The van der Waals surface area contributed by atoms with E-state index in [1.165, 1.54) is 0 Å². The van der Waals surface area contributed by atoms with E-state index in [0.29, 0.717) is 17.8 Å². The highest BCUT2D eigenvalue weighted by molar-refractivity contribution is 5.53. The zero-order chi connectivity index (χ0) is 16.9. The van der Waals surface area contributed by atoms with Crippen molar-refractivity contribution in [3.63, 3.8) is 0 Å². The molecule has 130 valence electrons. The van der Waals surface area contributed by atoms with Crippen molar-refractivity contribution in [2.45, 2.75) is 25.9 Å². The Hall–Kier alpha value is -1.76. The maximum Gasteiger partial charge on any atom is 0.244 e. The van der Waals surface area contributed by atoms with Crippen LogP contribution >= 0.6 is 0 Å². The van der Waals surface area contributed by atoms with Crippen molar-refractivity contribution in [2.24, 2.45) is 0 Å². The number of methoxy groups -OCH3 is 1. The standard InChI is InChI=1S/C18H26N4O2/c1-14-13-22(10-9-21(14)11-12-23-3)15(2)18-19-17(20-24-18)16-7-5-4-6-8-16/h4-8,14-15H,9-13H2,1-3H3/t14-,15+/m0/s1. The van der Waals surface area contributed by atoms with Crippen molar-refractivity contribution in [1.29, 1.82) is 0 Å². The predicted molar refractivity (Wildman–Crippen MR) is 92.6 cm³/mol. The van der Waals surface area contributed by atoms with E-state index in [2.05, 4.69) is 33.8 Å². The van der Waals surface area contributed by atoms with Crippen LogP contribution in [0.3, 0.4) is 0 Å². The van der Waals surface area contributed by atoms with Crippen LogP contribution in [0.4, 0.5) is 0 Å². The molecule has 0 bridgehead atoms. The first-order valence-corrected chi connectivity index (χ1v) is 8.55. The fourth-order valence-corrected chi connectivity index (χ4v) is 3.18. The molecule has 1 saturated heterocycles. The summed E-state index contributed by atoms with van der Waals surface area (Å²) in [5, 5.41) is 4.14. The Bertz CT molecular complexity index is 631. The van der Waals surface area contributed by atoms with Gasteiger partial charge in [-0.2, -0.15) is 4.98 Å². The molecule has 0 radical (unpaired) electrons. The topological polar surface area (TPSA) is 54.6 Å². The molecule has 6 heteroatoms. The van der Waals surface area contributed by atoms with Gasteiger partial charge in [-0.1, -0.05) is 35.5 Å². The van der Waals surface area contributed by atoms with Crippen LogP contribution in [0.5, 0.6) is 0 Å². The molecule has 2 aromatic rings. The van der Waals surface area contributed by atoms with Crippen LogP contribution in [0.1, 0.15) is 25.8 Å². The van der Waals surface area contributed by atoms with Crippen LogP contribution in [0.2, 0.25) is 0 Å². The predicted octanol–water partition coefficient (Wildman–Crippen LogP) is 2.45. The third-order valence-corrected chi connectivity index (χ3v) is 4.76. The van der Waals surface area contributed by atoms with Gasteiger partial charge in [0.05, 0.1) is 12.6 Å². The monoisotopic (exact) mass is 330 g/mol. The van der Waals surface area contributed by atoms with Gasteiger partial charge in [-0.15, -0.1) is 0 Å². The third kappa shape index (κ3) is 3.83. The van der Waals surface area contributed by atoms with Gasteiger partial charge in [-0.05, 0) is 13.8 Å². The van der Waals surface area contributed by atoms with Crippen molar-refractivity contribution < 1.29 is 9.26 Å². The van der Waals surface area contributed by atoms with Gasteiger partial charge in [-0.25, -0.2) is 0 Å². The van der Waals surface area contributed by atoms with E-state index in [1.807, 2.05) is 30.3 Å². The van der Waals surface area contributed by atoms with Gasteiger partial charge in [0.1, 0.15) is 0 Å². The lowest BCUT2D eigenvalue weighted by Crippen LogP contribution is -2.53. The molecule has 2 heterocycles. The Morgan fingerprint density at radius 2 is 2.08 bits per heavy atom. The number of nitrogens with zero attached hydrogens (tertiary/aromatic N) is 4. The van der Waals surface area contributed by atoms with Crippen LogP contribution in [0, 0.1) is 0 Å². The van der Waals surface area contributed by atoms with Gasteiger partial charge in [0.25, 0.3) is 0 Å². The first kappa shape index (κ1) is 17.1. The quantitative estimate of drug-likeness (QED) is 0.811. The van der Waals surface area contributed by atoms with Crippen LogP contribution in [-0.2, 0) is 4.74 Å². The summed E-state index contributed by atoms with van der Waals surface area (Å²) in [5.74, 6) is 1.34. The Morgan fingerprint density at radius 3 is 2.79 bits per heavy atom. The molecule has 6 nitrogen and oxygen atoms in total. The fourth-order valence-electron chi connectivity index (χ4n) is 3.18. The molecule has 0 saturated carbocycles. The van der Waals surface area contributed by atoms with Gasteiger partial charge in [0.15, 0.2) is 0 Å². The Balaban J connectivity index is 1.63. The molecule has 1 aliphatic rings. The average molecular weight is 330 g/mol. The summed E-state index contributed by atoms with van der Waals surface area (Å²) in [4.78, 5) is 9.48. The first-order valence-electron chi connectivity index (χ1n) is 8.55. The highest BCUT2D eigenvalue weighted by atomic mass is 16.5. The van der Waals surface area contributed by atoms with Crippen molar-refractivity contribution in [3.05, 3.63) is 36.2 Å². The van der Waals surface area contributed by atoms with Gasteiger partial charge in [0.2, 0.25) is 11.7 Å². The maximum absolute atomic E-state index is 5.52. The molecule has 2 atom stereocenters. The van der Waals surface area contributed by atoms with Crippen LogP contribution in [0.25, 0.3) is 11.4 Å². The minimum atomic E-state index is 0.127. The van der Waals surface area contributed by atoms with Gasteiger partial charge in [0, 0.05) is 44.9 Å². The minimum Gasteiger partial charge on any atom is -0.383 e. The number of rotatable bonds is 6. The smallest absolute Gasteiger partial charge is 0.244 e. The molecule has 1 aromatic carbocycles. The van der Waals surface area contributed by atoms with Gasteiger partial charge >= 0.3 is 0 Å². The Labute approximate surface area is 143 Å². The minimum absolute atomic E-state index is 0.127. The highest BCUT2D eigenvalue weighted by Gasteiger charge is 2.29. The highest BCUT2D eigenvalue weighted by Crippen LogP contribution is 2.24. The number of ether oxygens (including phenoxy) is 1. The van der Waals surface area contributed by atoms with Crippen LogP contribution in [-0.4, -0.2) is 65.9 Å². The second-order valence-corrected chi connectivity index (χ2v) is 6.37. The summed E-state index contributed by atoms with van der Waals surface area (Å²) in [6, 6.07) is 10.6. The fraction of sp³-hybridized carbons (Fsp3) is 0.556. The summed E-state index contributed by atoms with van der Waals surface area (Å²) in [7, 11) is 1.75. The largest absolute Gasteiger partial charge is 0.383 e. The molecular weight excluding hydrogens is 304 g/mol. The number of hydrogen-bond donors (Lipinski definition) is 0. The van der Waals surface area contributed by atoms with E-state index >= 15 is 0 Å². The van der Waals surface area contributed by atoms with Crippen molar-refractivity contribution >= 4 is 0 Å². The normalized spacial score (nSPS) is 21.0. The summed E-state index contributed by atoms with van der Waals surface area (Å²) >= 11 is 0. The molecular formula is C18H26N4O2. The van der Waals surface area contributed by atoms with E-state index in [-0.39, 0.29) is 6.04 Å². The van der Waals surface area contributed by atoms with E-state index in [0.717, 1.165) is 38.3 Å². The van der Waals surface area contributed by atoms with E-state index < -0.39 is 0 Å². The molecule has 3 rings (SSSR count). The van der Waals surface area contributed by atoms with Gasteiger partial charge < -0.3 is 9.26 Å². The zero-order valence-corrected chi connectivity index (χ0v) is 14.7. The summed E-state index contributed by atoms with van der Waals surface area (Å²) < 4.78 is 10.7. The maximum atomic E-state index is 5.52.